The van der Waals surface area contributed by atoms with Crippen LogP contribution >= 0.6 is 12.2 Å². The van der Waals surface area contributed by atoms with Gasteiger partial charge in [-0.1, -0.05) is 24.1 Å². The number of nitrogens with one attached hydrogen (secondary N) is 1. The molecule has 7 nitrogen and oxygen atoms in total. The van der Waals surface area contributed by atoms with Crippen LogP contribution in [-0.2, 0) is 19.1 Å². The zero-order chi connectivity index (χ0) is 22.9. The topological polar surface area (TPSA) is 77.1 Å². The molecule has 0 unspecified atom stereocenters. The van der Waals surface area contributed by atoms with Crippen molar-refractivity contribution in [1.82, 2.24) is 5.32 Å². The third kappa shape index (κ3) is 5.80. The summed E-state index contributed by atoms with van der Waals surface area (Å²) in [6.45, 7) is 4.47. The van der Waals surface area contributed by atoms with E-state index in [2.05, 4.69) is 17.2 Å². The minimum Gasteiger partial charge on any atom is -0.457 e. The van der Waals surface area contributed by atoms with Gasteiger partial charge in [0.2, 0.25) is 6.29 Å². The molecule has 0 radical (unpaired) electrons. The van der Waals surface area contributed by atoms with Crippen LogP contribution in [0, 0.1) is 11.8 Å². The molecule has 32 heavy (non-hydrogen) atoms. The lowest BCUT2D eigenvalue weighted by atomic mass is 10.1. The van der Waals surface area contributed by atoms with Gasteiger partial charge >= 0.3 is 0 Å². The van der Waals surface area contributed by atoms with Gasteiger partial charge in [0, 0.05) is 19.3 Å². The first-order chi connectivity index (χ1) is 15.5. The maximum atomic E-state index is 13.0. The number of hydrogen-bond donors (Lipinski definition) is 1. The Morgan fingerprint density at radius 3 is 2.25 bits per heavy atom. The van der Waals surface area contributed by atoms with Crippen LogP contribution in [0.25, 0.3) is 0 Å². The maximum Gasteiger partial charge on any atom is 0.270 e. The predicted octanol–water partition coefficient (Wildman–Crippen LogP) is 3.56. The molecule has 2 aromatic rings. The van der Waals surface area contributed by atoms with Gasteiger partial charge in [-0.15, -0.1) is 0 Å². The third-order valence-corrected chi connectivity index (χ3v) is 4.51. The summed E-state index contributed by atoms with van der Waals surface area (Å²) in [5.41, 5.74) is 0.350. The second-order valence-electron chi connectivity index (χ2n) is 6.40. The number of thiocarbonyl (C=S) groups is 1. The highest BCUT2D eigenvalue weighted by molar-refractivity contribution is 7.80. The van der Waals surface area contributed by atoms with Crippen LogP contribution in [0.2, 0.25) is 0 Å². The summed E-state index contributed by atoms with van der Waals surface area (Å²) in [5.74, 6) is 5.51. The molecule has 0 aromatic heterocycles. The summed E-state index contributed by atoms with van der Waals surface area (Å²) in [6, 6.07) is 16.1. The molecule has 3 rings (SSSR count). The molecule has 2 aromatic carbocycles. The molecule has 0 aliphatic carbocycles. The second-order valence-corrected chi connectivity index (χ2v) is 6.78. The van der Waals surface area contributed by atoms with Gasteiger partial charge in [-0.2, -0.15) is 0 Å². The number of hydrogen-bond acceptors (Lipinski definition) is 6. The SMILES string of the molecule is CCOC(C#C/C=C1\C(=O)NC(=S)N(c2ccc(Oc3ccccc3)cc2)C1=O)OCC. The van der Waals surface area contributed by atoms with Crippen LogP contribution in [0.1, 0.15) is 13.8 Å². The molecule has 8 heteroatoms. The summed E-state index contributed by atoms with van der Waals surface area (Å²) in [5, 5.41) is 2.51. The highest BCUT2D eigenvalue weighted by Gasteiger charge is 2.34. The molecule has 0 saturated carbocycles. The van der Waals surface area contributed by atoms with Gasteiger partial charge in [0.05, 0.1) is 5.69 Å². The molecule has 0 bridgehead atoms. The van der Waals surface area contributed by atoms with Crippen molar-refractivity contribution in [2.45, 2.75) is 20.1 Å². The van der Waals surface area contributed by atoms with Crippen LogP contribution in [0.5, 0.6) is 11.5 Å². The average molecular weight is 451 g/mol. The first kappa shape index (κ1) is 23.2. The van der Waals surface area contributed by atoms with E-state index in [4.69, 9.17) is 26.4 Å². The van der Waals surface area contributed by atoms with E-state index in [-0.39, 0.29) is 10.7 Å². The van der Waals surface area contributed by atoms with Crippen molar-refractivity contribution in [2.75, 3.05) is 18.1 Å². The Balaban J connectivity index is 1.79. The molecule has 164 valence electrons. The normalized spacial score (nSPS) is 14.9. The van der Waals surface area contributed by atoms with E-state index in [1.807, 2.05) is 44.2 Å². The summed E-state index contributed by atoms with van der Waals surface area (Å²) >= 11 is 5.22. The first-order valence-electron chi connectivity index (χ1n) is 10.0. The lowest BCUT2D eigenvalue weighted by Crippen LogP contribution is -2.54. The van der Waals surface area contributed by atoms with Crippen LogP contribution in [-0.4, -0.2) is 36.4 Å². The molecule has 1 heterocycles. The van der Waals surface area contributed by atoms with Crippen molar-refractivity contribution in [2.24, 2.45) is 0 Å². The highest BCUT2D eigenvalue weighted by atomic mass is 32.1. The Hall–Kier alpha value is -3.51. The smallest absolute Gasteiger partial charge is 0.270 e. The number of para-hydroxylation sites is 1. The van der Waals surface area contributed by atoms with Crippen molar-refractivity contribution in [1.29, 1.82) is 0 Å². The fraction of sp³-hybridized carbons (Fsp3) is 0.208. The number of allylic oxidation sites excluding steroid dienone is 1. The molecular formula is C24H22N2O5S. The van der Waals surface area contributed by atoms with Gasteiger partial charge in [-0.05, 0) is 68.4 Å². The van der Waals surface area contributed by atoms with Gasteiger partial charge in [-0.25, -0.2) is 0 Å². The van der Waals surface area contributed by atoms with Crippen molar-refractivity contribution in [3.8, 4) is 23.3 Å². The Labute approximate surface area is 192 Å². The van der Waals surface area contributed by atoms with Crippen LogP contribution < -0.4 is 15.0 Å². The first-order valence-corrected chi connectivity index (χ1v) is 10.4. The molecule has 1 aliphatic heterocycles. The number of amides is 2. The van der Waals surface area contributed by atoms with Gasteiger partial charge in [-0.3, -0.25) is 19.8 Å². The van der Waals surface area contributed by atoms with Gasteiger partial charge in [0.25, 0.3) is 11.8 Å². The predicted molar refractivity (Wildman–Crippen MR) is 124 cm³/mol. The van der Waals surface area contributed by atoms with E-state index in [0.717, 1.165) is 0 Å². The number of rotatable bonds is 7. The molecule has 1 aliphatic rings. The Morgan fingerprint density at radius 2 is 1.62 bits per heavy atom. The number of ether oxygens (including phenoxy) is 3. The molecule has 2 amide bonds. The molecule has 0 atom stereocenters. The number of anilines is 1. The van der Waals surface area contributed by atoms with Crippen molar-refractivity contribution in [3.63, 3.8) is 0 Å². The maximum absolute atomic E-state index is 13.0. The summed E-state index contributed by atoms with van der Waals surface area (Å²) in [6.07, 6.45) is 0.502. The lowest BCUT2D eigenvalue weighted by molar-refractivity contribution is -0.122. The number of carbonyl (C=O) groups is 2. The summed E-state index contributed by atoms with van der Waals surface area (Å²) in [7, 11) is 0. The second kappa shape index (κ2) is 11.2. The third-order valence-electron chi connectivity index (χ3n) is 4.23. The highest BCUT2D eigenvalue weighted by Crippen LogP contribution is 2.26. The van der Waals surface area contributed by atoms with E-state index in [1.165, 1.54) is 11.0 Å². The van der Waals surface area contributed by atoms with E-state index >= 15 is 0 Å². The Kier molecular flexibility index (Phi) is 8.11. The number of nitrogens with zero attached hydrogens (tertiary/aromatic N) is 1. The van der Waals surface area contributed by atoms with E-state index in [0.29, 0.717) is 30.4 Å². The van der Waals surface area contributed by atoms with Gasteiger partial charge < -0.3 is 14.2 Å². The van der Waals surface area contributed by atoms with Crippen LogP contribution in [0.15, 0.2) is 66.2 Å². The standard InChI is InChI=1S/C24H22N2O5S/c1-3-29-21(30-4-2)12-8-11-20-22(27)25-24(32)26(23(20)28)17-13-15-19(16-14-17)31-18-9-6-5-7-10-18/h5-7,9-11,13-16,21H,3-4H2,1-2H3,(H,25,27,32)/b20-11+. The van der Waals surface area contributed by atoms with E-state index in [9.17, 15) is 9.59 Å². The zero-order valence-electron chi connectivity index (χ0n) is 17.7. The van der Waals surface area contributed by atoms with Gasteiger partial charge in [0.1, 0.15) is 17.1 Å². The minimum absolute atomic E-state index is 0.0108. The monoisotopic (exact) mass is 450 g/mol. The number of benzene rings is 2. The van der Waals surface area contributed by atoms with E-state index in [1.54, 1.807) is 24.3 Å². The number of carbonyl (C=O) groups excluding carboxylic acids is 2. The minimum atomic E-state index is -0.738. The van der Waals surface area contributed by atoms with Crippen molar-refractivity contribution < 1.29 is 23.8 Å². The molecule has 0 spiro atoms. The van der Waals surface area contributed by atoms with Crippen LogP contribution in [0.3, 0.4) is 0 Å². The molecule has 1 saturated heterocycles. The van der Waals surface area contributed by atoms with Crippen LogP contribution in [0.4, 0.5) is 5.69 Å². The van der Waals surface area contributed by atoms with Crippen molar-refractivity contribution in [3.05, 3.63) is 66.2 Å². The molecule has 1 fully saturated rings. The van der Waals surface area contributed by atoms with Crippen molar-refractivity contribution >= 4 is 34.8 Å². The zero-order valence-corrected chi connectivity index (χ0v) is 18.5. The fourth-order valence-electron chi connectivity index (χ4n) is 2.80. The Bertz CT molecular complexity index is 1070. The molecular weight excluding hydrogens is 428 g/mol. The largest absolute Gasteiger partial charge is 0.457 e. The quantitative estimate of drug-likeness (QED) is 0.229. The molecule has 1 N–H and O–H groups in total. The summed E-state index contributed by atoms with van der Waals surface area (Å²) < 4.78 is 16.4. The average Bonchev–Trinajstić information content (AvgIpc) is 2.78. The van der Waals surface area contributed by atoms with E-state index < -0.39 is 18.1 Å². The fourth-order valence-corrected chi connectivity index (χ4v) is 3.08. The Morgan fingerprint density at radius 1 is 1.00 bits per heavy atom. The van der Waals surface area contributed by atoms with Gasteiger partial charge in [0.15, 0.2) is 5.11 Å². The lowest BCUT2D eigenvalue weighted by Gasteiger charge is -2.28. The summed E-state index contributed by atoms with van der Waals surface area (Å²) in [4.78, 5) is 26.5.